The molecule has 0 unspecified atom stereocenters. The minimum Gasteiger partial charge on any atom is -0.334 e. The summed E-state index contributed by atoms with van der Waals surface area (Å²) in [5.41, 5.74) is 2.60. The van der Waals surface area contributed by atoms with Crippen molar-refractivity contribution in [2.24, 2.45) is 0 Å². The van der Waals surface area contributed by atoms with E-state index in [-0.39, 0.29) is 11.8 Å². The van der Waals surface area contributed by atoms with Crippen LogP contribution in [0.4, 0.5) is 9.18 Å². The Morgan fingerprint density at radius 2 is 1.86 bits per heavy atom. The Balaban J connectivity index is 1.50. The van der Waals surface area contributed by atoms with Crippen LogP contribution in [0.1, 0.15) is 11.3 Å². The van der Waals surface area contributed by atoms with Crippen molar-refractivity contribution in [3.8, 4) is 0 Å². The van der Waals surface area contributed by atoms with Crippen LogP contribution in [0.5, 0.6) is 0 Å². The van der Waals surface area contributed by atoms with Crippen molar-refractivity contribution >= 4 is 11.5 Å². The number of nitrogens with one attached hydrogen (secondary N) is 2. The number of rotatable bonds is 4. The fourth-order valence-corrected chi connectivity index (χ4v) is 2.10. The highest BCUT2D eigenvalue weighted by Gasteiger charge is 2.04. The van der Waals surface area contributed by atoms with E-state index < -0.39 is 0 Å². The van der Waals surface area contributed by atoms with Crippen LogP contribution in [0.2, 0.25) is 0 Å². The van der Waals surface area contributed by atoms with Gasteiger partial charge in [-0.3, -0.25) is 0 Å². The highest BCUT2D eigenvalue weighted by Crippen LogP contribution is 2.05. The normalized spacial score (nSPS) is 10.6. The zero-order valence-corrected chi connectivity index (χ0v) is 11.8. The zero-order chi connectivity index (χ0) is 15.4. The van der Waals surface area contributed by atoms with E-state index in [4.69, 9.17) is 0 Å². The second-order valence-electron chi connectivity index (χ2n) is 4.87. The van der Waals surface area contributed by atoms with Gasteiger partial charge in [0.25, 0.3) is 0 Å². The molecule has 0 aliphatic rings. The van der Waals surface area contributed by atoms with Crippen molar-refractivity contribution in [3.05, 3.63) is 71.8 Å². The summed E-state index contributed by atoms with van der Waals surface area (Å²) >= 11 is 0. The summed E-state index contributed by atoms with van der Waals surface area (Å²) in [6, 6.07) is 13.4. The van der Waals surface area contributed by atoms with Gasteiger partial charge in [0.2, 0.25) is 0 Å². The van der Waals surface area contributed by atoms with E-state index in [0.717, 1.165) is 16.8 Å². The van der Waals surface area contributed by atoms with E-state index in [2.05, 4.69) is 15.7 Å². The van der Waals surface area contributed by atoms with Gasteiger partial charge in [-0.2, -0.15) is 5.10 Å². The van der Waals surface area contributed by atoms with Gasteiger partial charge >= 0.3 is 6.03 Å². The van der Waals surface area contributed by atoms with Crippen LogP contribution < -0.4 is 10.6 Å². The predicted molar refractivity (Wildman–Crippen MR) is 80.7 cm³/mol. The number of amides is 2. The second-order valence-corrected chi connectivity index (χ2v) is 4.87. The molecule has 0 atom stereocenters. The summed E-state index contributed by atoms with van der Waals surface area (Å²) < 4.78 is 14.5. The Kier molecular flexibility index (Phi) is 4.00. The van der Waals surface area contributed by atoms with Crippen LogP contribution in [0.3, 0.4) is 0 Å². The van der Waals surface area contributed by atoms with E-state index in [1.165, 1.54) is 12.1 Å². The molecule has 2 heterocycles. The molecule has 0 bridgehead atoms. The predicted octanol–water partition coefficient (Wildman–Crippen LogP) is 2.47. The molecule has 0 aliphatic carbocycles. The molecule has 3 aromatic rings. The maximum absolute atomic E-state index is 12.8. The smallest absolute Gasteiger partial charge is 0.315 e. The molecule has 1 aromatic carbocycles. The van der Waals surface area contributed by atoms with E-state index >= 15 is 0 Å². The molecule has 2 N–H and O–H groups in total. The van der Waals surface area contributed by atoms with Crippen LogP contribution >= 0.6 is 0 Å². The van der Waals surface area contributed by atoms with Crippen LogP contribution in [0.15, 0.2) is 54.7 Å². The lowest BCUT2D eigenvalue weighted by molar-refractivity contribution is 0.240. The maximum atomic E-state index is 12.8. The quantitative estimate of drug-likeness (QED) is 0.777. The van der Waals surface area contributed by atoms with Gasteiger partial charge in [-0.15, -0.1) is 0 Å². The van der Waals surface area contributed by atoms with Crippen LogP contribution in [0, 0.1) is 5.82 Å². The largest absolute Gasteiger partial charge is 0.334 e. The number of fused-ring (bicyclic) bond motifs is 1. The summed E-state index contributed by atoms with van der Waals surface area (Å²) in [5, 5.41) is 9.80. The highest BCUT2D eigenvalue weighted by molar-refractivity contribution is 5.73. The number of aromatic nitrogens is 2. The molecule has 22 heavy (non-hydrogen) atoms. The Hall–Kier alpha value is -2.89. The third kappa shape index (κ3) is 3.41. The number of halogens is 1. The zero-order valence-electron chi connectivity index (χ0n) is 11.8. The minimum absolute atomic E-state index is 0.290. The van der Waals surface area contributed by atoms with Gasteiger partial charge in [0.15, 0.2) is 0 Å². The van der Waals surface area contributed by atoms with Crippen LogP contribution in [0.25, 0.3) is 5.52 Å². The third-order valence-electron chi connectivity index (χ3n) is 3.22. The molecule has 0 saturated heterocycles. The molecule has 5 nitrogen and oxygen atoms in total. The maximum Gasteiger partial charge on any atom is 0.315 e. The molecular weight excluding hydrogens is 283 g/mol. The van der Waals surface area contributed by atoms with Gasteiger partial charge in [-0.25, -0.2) is 13.7 Å². The SMILES string of the molecule is O=C(NCc1ccc(F)cc1)NCc1cc2ccccn2n1. The van der Waals surface area contributed by atoms with Crippen molar-refractivity contribution in [3.63, 3.8) is 0 Å². The van der Waals surface area contributed by atoms with Crippen molar-refractivity contribution in [2.45, 2.75) is 13.1 Å². The average molecular weight is 298 g/mol. The Morgan fingerprint density at radius 3 is 2.64 bits per heavy atom. The molecule has 0 radical (unpaired) electrons. The fraction of sp³-hybridized carbons (Fsp3) is 0.125. The standard InChI is InChI=1S/C16H15FN4O/c17-13-6-4-12(5-7-13)10-18-16(22)19-11-14-9-15-3-1-2-8-21(15)20-14/h1-9H,10-11H2,(H2,18,19,22). The second kappa shape index (κ2) is 6.26. The minimum atomic E-state index is -0.292. The van der Waals surface area contributed by atoms with Gasteiger partial charge in [0.1, 0.15) is 5.82 Å². The molecule has 0 saturated carbocycles. The number of carbonyl (C=O) groups is 1. The molecular formula is C16H15FN4O. The molecule has 6 heteroatoms. The van der Waals surface area contributed by atoms with Gasteiger partial charge in [0.05, 0.1) is 17.8 Å². The first-order valence-corrected chi connectivity index (χ1v) is 6.90. The van der Waals surface area contributed by atoms with E-state index in [1.54, 1.807) is 16.6 Å². The van der Waals surface area contributed by atoms with Crippen molar-refractivity contribution < 1.29 is 9.18 Å². The summed E-state index contributed by atoms with van der Waals surface area (Å²) in [7, 11) is 0. The lowest BCUT2D eigenvalue weighted by atomic mass is 10.2. The van der Waals surface area contributed by atoms with E-state index in [9.17, 15) is 9.18 Å². The Morgan fingerprint density at radius 1 is 1.09 bits per heavy atom. The molecule has 2 amide bonds. The van der Waals surface area contributed by atoms with Gasteiger partial charge in [-0.05, 0) is 35.9 Å². The number of benzene rings is 1. The van der Waals surface area contributed by atoms with Crippen LogP contribution in [-0.2, 0) is 13.1 Å². The number of urea groups is 1. The van der Waals surface area contributed by atoms with Crippen molar-refractivity contribution in [1.29, 1.82) is 0 Å². The average Bonchev–Trinajstić information content (AvgIpc) is 2.95. The molecule has 3 rings (SSSR count). The van der Waals surface area contributed by atoms with Gasteiger partial charge in [-0.1, -0.05) is 18.2 Å². The van der Waals surface area contributed by atoms with Gasteiger partial charge in [0, 0.05) is 12.7 Å². The monoisotopic (exact) mass is 298 g/mol. The summed E-state index contributed by atoms with van der Waals surface area (Å²) in [4.78, 5) is 11.7. The Labute approximate surface area is 126 Å². The number of carbonyl (C=O) groups excluding carboxylic acids is 1. The first kappa shape index (κ1) is 14.1. The van der Waals surface area contributed by atoms with Crippen LogP contribution in [-0.4, -0.2) is 15.6 Å². The molecule has 0 spiro atoms. The number of nitrogens with zero attached hydrogens (tertiary/aromatic N) is 2. The lowest BCUT2D eigenvalue weighted by Crippen LogP contribution is -2.34. The lowest BCUT2D eigenvalue weighted by Gasteiger charge is -2.06. The fourth-order valence-electron chi connectivity index (χ4n) is 2.10. The number of hydrogen-bond donors (Lipinski definition) is 2. The van der Waals surface area contributed by atoms with E-state index in [1.807, 2.05) is 30.5 Å². The van der Waals surface area contributed by atoms with Crippen molar-refractivity contribution in [2.75, 3.05) is 0 Å². The summed E-state index contributed by atoms with van der Waals surface area (Å²) in [6.45, 7) is 0.689. The van der Waals surface area contributed by atoms with Crippen molar-refractivity contribution in [1.82, 2.24) is 20.2 Å². The molecule has 0 fully saturated rings. The first-order chi connectivity index (χ1) is 10.7. The number of hydrogen-bond acceptors (Lipinski definition) is 2. The Bertz CT molecular complexity index is 749. The summed E-state index contributed by atoms with van der Waals surface area (Å²) in [5.74, 6) is -0.292. The third-order valence-corrected chi connectivity index (χ3v) is 3.22. The molecule has 112 valence electrons. The summed E-state index contributed by atoms with van der Waals surface area (Å²) in [6.07, 6.45) is 1.85. The number of pyridine rings is 1. The van der Waals surface area contributed by atoms with E-state index in [0.29, 0.717) is 13.1 Å². The molecule has 0 aliphatic heterocycles. The first-order valence-electron chi connectivity index (χ1n) is 6.90. The molecule has 2 aromatic heterocycles. The highest BCUT2D eigenvalue weighted by atomic mass is 19.1. The van der Waals surface area contributed by atoms with Gasteiger partial charge < -0.3 is 10.6 Å². The topological polar surface area (TPSA) is 58.4 Å².